The van der Waals surface area contributed by atoms with Crippen molar-refractivity contribution in [2.24, 2.45) is 0 Å². The Labute approximate surface area is 113 Å². The first-order valence-corrected chi connectivity index (χ1v) is 6.25. The van der Waals surface area contributed by atoms with E-state index in [-0.39, 0.29) is 42.9 Å². The van der Waals surface area contributed by atoms with Crippen molar-refractivity contribution in [1.29, 1.82) is 0 Å². The van der Waals surface area contributed by atoms with Crippen molar-refractivity contribution in [2.75, 3.05) is 26.7 Å². The van der Waals surface area contributed by atoms with Crippen LogP contribution in [0.25, 0.3) is 0 Å². The monoisotopic (exact) mass is 270 g/mol. The van der Waals surface area contributed by atoms with Crippen molar-refractivity contribution in [1.82, 2.24) is 20.9 Å². The zero-order chi connectivity index (χ0) is 14.6. The van der Waals surface area contributed by atoms with Gasteiger partial charge < -0.3 is 15.5 Å². The Morgan fingerprint density at radius 3 is 2.53 bits per heavy atom. The zero-order valence-corrected chi connectivity index (χ0v) is 11.9. The molecular formula is C12H22N4O3. The summed E-state index contributed by atoms with van der Waals surface area (Å²) in [5, 5.41) is 8.24. The number of amides is 3. The normalized spacial score (nSPS) is 19.6. The number of hydrogen-bond acceptors (Lipinski definition) is 4. The molecule has 1 atom stereocenters. The number of nitrogens with zero attached hydrogens (tertiary/aromatic N) is 1. The highest BCUT2D eigenvalue weighted by molar-refractivity contribution is 5.89. The average molecular weight is 270 g/mol. The van der Waals surface area contributed by atoms with Gasteiger partial charge in [-0.05, 0) is 20.8 Å². The first-order chi connectivity index (χ1) is 8.69. The minimum atomic E-state index is -0.467. The fourth-order valence-electron chi connectivity index (χ4n) is 1.76. The van der Waals surface area contributed by atoms with Gasteiger partial charge in [-0.2, -0.15) is 0 Å². The van der Waals surface area contributed by atoms with Crippen LogP contribution in [-0.2, 0) is 14.4 Å². The van der Waals surface area contributed by atoms with Gasteiger partial charge in [-0.3, -0.25) is 19.7 Å². The van der Waals surface area contributed by atoms with Crippen LogP contribution in [0, 0.1) is 0 Å². The number of likely N-dealkylation sites (N-methyl/N-ethyl adjacent to an activating group) is 1. The van der Waals surface area contributed by atoms with E-state index in [2.05, 4.69) is 16.0 Å². The minimum absolute atomic E-state index is 0.00221. The summed E-state index contributed by atoms with van der Waals surface area (Å²) in [6.45, 7) is 6.02. The molecule has 0 bridgehead atoms. The molecule has 3 N–H and O–H groups in total. The lowest BCUT2D eigenvalue weighted by molar-refractivity contribution is -0.138. The summed E-state index contributed by atoms with van der Waals surface area (Å²) in [7, 11) is 1.57. The predicted octanol–water partition coefficient (Wildman–Crippen LogP) is -1.55. The molecular weight excluding hydrogens is 248 g/mol. The molecule has 0 radical (unpaired) electrons. The van der Waals surface area contributed by atoms with Gasteiger partial charge in [-0.1, -0.05) is 0 Å². The van der Waals surface area contributed by atoms with E-state index in [9.17, 15) is 14.4 Å². The molecule has 1 fully saturated rings. The SMILES string of the molecule is CN(CC(=O)NC(C)(C)C)C(=O)C1CNC(=O)CN1. The number of hydrogen-bond donors (Lipinski definition) is 3. The van der Waals surface area contributed by atoms with Gasteiger partial charge in [0.05, 0.1) is 13.1 Å². The van der Waals surface area contributed by atoms with E-state index in [1.165, 1.54) is 4.90 Å². The van der Waals surface area contributed by atoms with Gasteiger partial charge in [0.15, 0.2) is 0 Å². The predicted molar refractivity (Wildman–Crippen MR) is 70.3 cm³/mol. The van der Waals surface area contributed by atoms with Crippen LogP contribution in [0.2, 0.25) is 0 Å². The van der Waals surface area contributed by atoms with E-state index in [0.717, 1.165) is 0 Å². The lowest BCUT2D eigenvalue weighted by Gasteiger charge is -2.28. The second-order valence-electron chi connectivity index (χ2n) is 5.73. The van der Waals surface area contributed by atoms with Crippen LogP contribution < -0.4 is 16.0 Å². The molecule has 1 aliphatic rings. The van der Waals surface area contributed by atoms with Crippen molar-refractivity contribution in [2.45, 2.75) is 32.4 Å². The maximum absolute atomic E-state index is 12.0. The van der Waals surface area contributed by atoms with Gasteiger partial charge in [-0.25, -0.2) is 0 Å². The Bertz CT molecular complexity index is 366. The smallest absolute Gasteiger partial charge is 0.241 e. The number of carbonyl (C=O) groups excluding carboxylic acids is 3. The molecule has 1 aliphatic heterocycles. The highest BCUT2D eigenvalue weighted by atomic mass is 16.2. The molecule has 7 heteroatoms. The summed E-state index contributed by atoms with van der Waals surface area (Å²) in [6, 6.07) is -0.467. The van der Waals surface area contributed by atoms with Crippen molar-refractivity contribution in [3.05, 3.63) is 0 Å². The van der Waals surface area contributed by atoms with Gasteiger partial charge in [0, 0.05) is 19.1 Å². The highest BCUT2D eigenvalue weighted by Gasteiger charge is 2.27. The Morgan fingerprint density at radius 1 is 1.42 bits per heavy atom. The van der Waals surface area contributed by atoms with E-state index in [4.69, 9.17) is 0 Å². The van der Waals surface area contributed by atoms with Crippen LogP contribution in [0.4, 0.5) is 0 Å². The molecule has 108 valence electrons. The van der Waals surface area contributed by atoms with Crippen molar-refractivity contribution < 1.29 is 14.4 Å². The third kappa shape index (κ3) is 5.25. The minimum Gasteiger partial charge on any atom is -0.353 e. The Hall–Kier alpha value is -1.63. The third-order valence-electron chi connectivity index (χ3n) is 2.58. The maximum Gasteiger partial charge on any atom is 0.241 e. The van der Waals surface area contributed by atoms with Crippen LogP contribution >= 0.6 is 0 Å². The molecule has 1 rings (SSSR count). The lowest BCUT2D eigenvalue weighted by Crippen LogP contribution is -2.59. The maximum atomic E-state index is 12.0. The molecule has 1 saturated heterocycles. The number of carbonyl (C=O) groups is 3. The molecule has 3 amide bonds. The van der Waals surface area contributed by atoms with Crippen molar-refractivity contribution >= 4 is 17.7 Å². The first kappa shape index (κ1) is 15.4. The number of nitrogens with one attached hydrogen (secondary N) is 3. The second-order valence-corrected chi connectivity index (χ2v) is 5.73. The van der Waals surface area contributed by atoms with Crippen molar-refractivity contribution in [3.63, 3.8) is 0 Å². The van der Waals surface area contributed by atoms with E-state index < -0.39 is 6.04 Å². The van der Waals surface area contributed by atoms with E-state index in [1.54, 1.807) is 7.05 Å². The summed E-state index contributed by atoms with van der Waals surface area (Å²) < 4.78 is 0. The highest BCUT2D eigenvalue weighted by Crippen LogP contribution is 2.00. The third-order valence-corrected chi connectivity index (χ3v) is 2.58. The summed E-state index contributed by atoms with van der Waals surface area (Å²) >= 11 is 0. The van der Waals surface area contributed by atoms with E-state index >= 15 is 0 Å². The molecule has 0 aromatic carbocycles. The topological polar surface area (TPSA) is 90.5 Å². The molecule has 1 unspecified atom stereocenters. The van der Waals surface area contributed by atoms with Crippen molar-refractivity contribution in [3.8, 4) is 0 Å². The van der Waals surface area contributed by atoms with Crippen LogP contribution in [0.15, 0.2) is 0 Å². The molecule has 0 aromatic rings. The fraction of sp³-hybridized carbons (Fsp3) is 0.750. The standard InChI is InChI=1S/C12H22N4O3/c1-12(2,3)15-10(18)7-16(4)11(19)8-5-14-9(17)6-13-8/h8,13H,5-7H2,1-4H3,(H,14,17)(H,15,18). The van der Waals surface area contributed by atoms with E-state index in [0.29, 0.717) is 0 Å². The Kier molecular flexibility index (Phi) is 4.88. The summed E-state index contributed by atoms with van der Waals surface area (Å²) in [4.78, 5) is 36.1. The summed E-state index contributed by atoms with van der Waals surface area (Å²) in [5.74, 6) is -0.538. The first-order valence-electron chi connectivity index (χ1n) is 6.25. The summed E-state index contributed by atoms with van der Waals surface area (Å²) in [6.07, 6.45) is 0. The molecule has 0 aliphatic carbocycles. The number of rotatable bonds is 3. The van der Waals surface area contributed by atoms with Gasteiger partial charge in [0.1, 0.15) is 6.04 Å². The van der Waals surface area contributed by atoms with Gasteiger partial charge >= 0.3 is 0 Å². The second kappa shape index (κ2) is 6.01. The molecule has 19 heavy (non-hydrogen) atoms. The van der Waals surface area contributed by atoms with Crippen LogP contribution in [-0.4, -0.2) is 60.9 Å². The fourth-order valence-corrected chi connectivity index (χ4v) is 1.76. The average Bonchev–Trinajstić information content (AvgIpc) is 2.26. The number of piperazine rings is 1. The molecule has 7 nitrogen and oxygen atoms in total. The Balaban J connectivity index is 2.44. The summed E-state index contributed by atoms with van der Waals surface area (Å²) in [5.41, 5.74) is -0.321. The lowest BCUT2D eigenvalue weighted by atomic mass is 10.1. The van der Waals surface area contributed by atoms with Crippen LogP contribution in [0.3, 0.4) is 0 Å². The van der Waals surface area contributed by atoms with Crippen LogP contribution in [0.1, 0.15) is 20.8 Å². The zero-order valence-electron chi connectivity index (χ0n) is 11.9. The van der Waals surface area contributed by atoms with E-state index in [1.807, 2.05) is 20.8 Å². The van der Waals surface area contributed by atoms with Crippen LogP contribution in [0.5, 0.6) is 0 Å². The Morgan fingerprint density at radius 2 is 2.05 bits per heavy atom. The van der Waals surface area contributed by atoms with Gasteiger partial charge in [0.2, 0.25) is 17.7 Å². The molecule has 1 heterocycles. The molecule has 0 saturated carbocycles. The van der Waals surface area contributed by atoms with Gasteiger partial charge in [0.25, 0.3) is 0 Å². The quantitative estimate of drug-likeness (QED) is 0.579. The largest absolute Gasteiger partial charge is 0.353 e. The van der Waals surface area contributed by atoms with Gasteiger partial charge in [-0.15, -0.1) is 0 Å². The molecule has 0 spiro atoms. The molecule has 0 aromatic heterocycles.